The largest absolute Gasteiger partial charge is 0.361 e. The van der Waals surface area contributed by atoms with Gasteiger partial charge in [-0.3, -0.25) is 4.31 Å². The van der Waals surface area contributed by atoms with Gasteiger partial charge in [0.1, 0.15) is 0 Å². The Morgan fingerprint density at radius 3 is 2.50 bits per heavy atom. The zero-order chi connectivity index (χ0) is 21.5. The first-order valence-electron chi connectivity index (χ1n) is 10.6. The smallest absolute Gasteiger partial charge is 0.263 e. The summed E-state index contributed by atoms with van der Waals surface area (Å²) in [6.07, 6.45) is 4.85. The third kappa shape index (κ3) is 3.67. The molecular weight excluding hydrogens is 392 g/mol. The minimum Gasteiger partial charge on any atom is -0.361 e. The maximum absolute atomic E-state index is 13.5. The van der Waals surface area contributed by atoms with Gasteiger partial charge in [0, 0.05) is 35.8 Å². The summed E-state index contributed by atoms with van der Waals surface area (Å²) >= 11 is 0. The van der Waals surface area contributed by atoms with E-state index in [-0.39, 0.29) is 5.92 Å². The first kappa shape index (κ1) is 20.7. The van der Waals surface area contributed by atoms with E-state index < -0.39 is 10.0 Å². The van der Waals surface area contributed by atoms with Crippen LogP contribution in [0, 0.1) is 12.8 Å². The van der Waals surface area contributed by atoms with E-state index in [2.05, 4.69) is 37.2 Å². The molecule has 0 saturated carbocycles. The minimum absolute atomic E-state index is 0.0696. The molecule has 0 aliphatic heterocycles. The lowest BCUT2D eigenvalue weighted by atomic mass is 9.95. The summed E-state index contributed by atoms with van der Waals surface area (Å²) < 4.78 is 28.6. The Morgan fingerprint density at radius 1 is 1.10 bits per heavy atom. The molecule has 0 bridgehead atoms. The Morgan fingerprint density at radius 2 is 1.80 bits per heavy atom. The lowest BCUT2D eigenvalue weighted by molar-refractivity contribution is 0.500. The summed E-state index contributed by atoms with van der Waals surface area (Å²) in [5.74, 6) is 0.548. The van der Waals surface area contributed by atoms with Gasteiger partial charge in [-0.15, -0.1) is 0 Å². The first-order chi connectivity index (χ1) is 14.3. The Labute approximate surface area is 179 Å². The molecule has 5 heteroatoms. The molecule has 4 rings (SSSR count). The number of aromatic nitrogens is 1. The highest BCUT2D eigenvalue weighted by Crippen LogP contribution is 2.46. The number of H-pyrrole nitrogens is 1. The molecule has 0 unspecified atom stereocenters. The van der Waals surface area contributed by atoms with Gasteiger partial charge in [-0.25, -0.2) is 8.42 Å². The molecule has 0 amide bonds. The second-order valence-electron chi connectivity index (χ2n) is 8.75. The number of sulfonamides is 1. The van der Waals surface area contributed by atoms with Crippen molar-refractivity contribution >= 4 is 20.9 Å². The van der Waals surface area contributed by atoms with E-state index >= 15 is 0 Å². The average molecular weight is 423 g/mol. The molecule has 3 aromatic rings. The maximum Gasteiger partial charge on any atom is 0.263 e. The van der Waals surface area contributed by atoms with Crippen LogP contribution in [0.2, 0.25) is 0 Å². The molecule has 1 aliphatic rings. The van der Waals surface area contributed by atoms with Crippen molar-refractivity contribution in [1.29, 1.82) is 0 Å². The van der Waals surface area contributed by atoms with Crippen molar-refractivity contribution in [2.75, 3.05) is 7.05 Å². The molecule has 0 saturated heterocycles. The van der Waals surface area contributed by atoms with E-state index in [9.17, 15) is 8.42 Å². The summed E-state index contributed by atoms with van der Waals surface area (Å²) in [6, 6.07) is 15.4. The van der Waals surface area contributed by atoms with Crippen LogP contribution in [-0.2, 0) is 10.0 Å². The van der Waals surface area contributed by atoms with Crippen LogP contribution in [0.25, 0.3) is 10.9 Å². The molecule has 158 valence electrons. The second kappa shape index (κ2) is 7.95. The van der Waals surface area contributed by atoms with Gasteiger partial charge in [-0.2, -0.15) is 0 Å². The number of aryl methyl sites for hydroxylation is 1. The molecule has 2 aromatic carbocycles. The van der Waals surface area contributed by atoms with E-state index in [1.54, 1.807) is 23.5 Å². The molecular formula is C25H30N2O2S. The number of hydrogen-bond acceptors (Lipinski definition) is 2. The molecule has 1 heterocycles. The summed E-state index contributed by atoms with van der Waals surface area (Å²) in [4.78, 5) is 3.71. The SMILES string of the molecule is Cc1ccc(S(=O)(=O)N(C)C2=C(CC(C)C)CC[C@@H]2c2c[nH]c3ccccc23)cc1. The Bertz CT molecular complexity index is 1190. The third-order valence-electron chi connectivity index (χ3n) is 6.10. The van der Waals surface area contributed by atoms with Crippen molar-refractivity contribution in [2.45, 2.75) is 50.8 Å². The Kier molecular flexibility index (Phi) is 5.49. The van der Waals surface area contributed by atoms with Crippen molar-refractivity contribution < 1.29 is 8.42 Å². The summed E-state index contributed by atoms with van der Waals surface area (Å²) in [5.41, 5.74) is 5.54. The fraction of sp³-hybridized carbons (Fsp3) is 0.360. The number of nitrogens with zero attached hydrogens (tertiary/aromatic N) is 1. The molecule has 1 N–H and O–H groups in total. The zero-order valence-corrected chi connectivity index (χ0v) is 19.0. The minimum atomic E-state index is -3.62. The lowest BCUT2D eigenvalue weighted by Crippen LogP contribution is -2.29. The molecule has 1 atom stereocenters. The predicted molar refractivity (Wildman–Crippen MR) is 123 cm³/mol. The van der Waals surface area contributed by atoms with Crippen LogP contribution in [0.1, 0.15) is 50.2 Å². The first-order valence-corrected chi connectivity index (χ1v) is 12.1. The average Bonchev–Trinajstić information content (AvgIpc) is 3.31. The van der Waals surface area contributed by atoms with E-state index in [1.165, 1.54) is 16.5 Å². The normalized spacial score (nSPS) is 17.3. The van der Waals surface area contributed by atoms with Gasteiger partial charge in [0.25, 0.3) is 10.0 Å². The van der Waals surface area contributed by atoms with E-state index in [0.29, 0.717) is 10.8 Å². The molecule has 4 nitrogen and oxygen atoms in total. The van der Waals surface area contributed by atoms with Crippen LogP contribution in [0.5, 0.6) is 0 Å². The van der Waals surface area contributed by atoms with E-state index in [4.69, 9.17) is 0 Å². The van der Waals surface area contributed by atoms with Crippen molar-refractivity contribution in [2.24, 2.45) is 5.92 Å². The number of aromatic amines is 1. The number of fused-ring (bicyclic) bond motifs is 1. The standard InChI is InChI=1S/C25H30N2O2S/c1-17(2)15-19-11-14-22(23-16-26-24-8-6-5-7-21(23)24)25(19)27(4)30(28,29)20-12-9-18(3)10-13-20/h5-10,12-13,16-17,22,26H,11,14-15H2,1-4H3/t22-/m1/s1. The van der Waals surface area contributed by atoms with Crippen LogP contribution < -0.4 is 0 Å². The number of allylic oxidation sites excluding steroid dienone is 2. The van der Waals surface area contributed by atoms with Crippen LogP contribution >= 0.6 is 0 Å². The summed E-state index contributed by atoms with van der Waals surface area (Å²) in [7, 11) is -1.90. The fourth-order valence-electron chi connectivity index (χ4n) is 4.65. The van der Waals surface area contributed by atoms with Gasteiger partial charge in [-0.05, 0) is 61.4 Å². The zero-order valence-electron chi connectivity index (χ0n) is 18.1. The van der Waals surface area contributed by atoms with Crippen molar-refractivity contribution in [3.05, 3.63) is 77.1 Å². The van der Waals surface area contributed by atoms with Gasteiger partial charge in [0.05, 0.1) is 4.90 Å². The topological polar surface area (TPSA) is 53.2 Å². The van der Waals surface area contributed by atoms with E-state index in [0.717, 1.165) is 36.0 Å². The van der Waals surface area contributed by atoms with Gasteiger partial charge >= 0.3 is 0 Å². The Hall–Kier alpha value is -2.53. The Balaban J connectivity index is 1.81. The van der Waals surface area contributed by atoms with Gasteiger partial charge in [0.15, 0.2) is 0 Å². The van der Waals surface area contributed by atoms with Crippen LogP contribution in [0.3, 0.4) is 0 Å². The quantitative estimate of drug-likeness (QED) is 0.532. The summed E-state index contributed by atoms with van der Waals surface area (Å²) in [6.45, 7) is 6.35. The number of hydrogen-bond donors (Lipinski definition) is 1. The highest BCUT2D eigenvalue weighted by atomic mass is 32.2. The second-order valence-corrected chi connectivity index (χ2v) is 10.7. The molecule has 0 fully saturated rings. The van der Waals surface area contributed by atoms with Gasteiger partial charge in [0.2, 0.25) is 0 Å². The number of rotatable bonds is 6. The predicted octanol–water partition coefficient (Wildman–Crippen LogP) is 5.97. The number of benzene rings is 2. The van der Waals surface area contributed by atoms with Crippen molar-refractivity contribution in [3.63, 3.8) is 0 Å². The monoisotopic (exact) mass is 422 g/mol. The molecule has 1 aliphatic carbocycles. The molecule has 0 radical (unpaired) electrons. The molecule has 30 heavy (non-hydrogen) atoms. The molecule has 1 aromatic heterocycles. The lowest BCUT2D eigenvalue weighted by Gasteiger charge is -2.27. The van der Waals surface area contributed by atoms with Gasteiger partial charge < -0.3 is 4.98 Å². The van der Waals surface area contributed by atoms with Crippen molar-refractivity contribution in [3.8, 4) is 0 Å². The maximum atomic E-state index is 13.5. The highest BCUT2D eigenvalue weighted by molar-refractivity contribution is 7.89. The number of nitrogens with one attached hydrogen (secondary N) is 1. The number of likely N-dealkylation sites (N-methyl/N-ethyl adjacent to an activating group) is 1. The van der Waals surface area contributed by atoms with Crippen molar-refractivity contribution in [1.82, 2.24) is 9.29 Å². The van der Waals surface area contributed by atoms with Gasteiger partial charge in [-0.1, -0.05) is 49.7 Å². The summed E-state index contributed by atoms with van der Waals surface area (Å²) in [5, 5.41) is 1.17. The van der Waals surface area contributed by atoms with E-state index in [1.807, 2.05) is 31.2 Å². The third-order valence-corrected chi connectivity index (χ3v) is 7.88. The van der Waals surface area contributed by atoms with Crippen LogP contribution in [0.15, 0.2) is 70.9 Å². The highest BCUT2D eigenvalue weighted by Gasteiger charge is 2.36. The number of para-hydroxylation sites is 1. The molecule has 0 spiro atoms. The fourth-order valence-corrected chi connectivity index (χ4v) is 5.97. The van der Waals surface area contributed by atoms with Crippen LogP contribution in [0.4, 0.5) is 0 Å². The van der Waals surface area contributed by atoms with Crippen LogP contribution in [-0.4, -0.2) is 24.8 Å².